The number of ketones is 1. The summed E-state index contributed by atoms with van der Waals surface area (Å²) in [5, 5.41) is 11.3. The topological polar surface area (TPSA) is 152 Å². The number of aryl methyl sites for hydroxylation is 2. The second-order valence-electron chi connectivity index (χ2n) is 16.0. The highest BCUT2D eigenvalue weighted by Crippen LogP contribution is 2.35. The van der Waals surface area contributed by atoms with E-state index in [4.69, 9.17) is 4.74 Å². The molecule has 2 aliphatic rings. The van der Waals surface area contributed by atoms with Crippen molar-refractivity contribution in [2.24, 2.45) is 5.92 Å². The SMILES string of the molecule is CCC(I)(CCC(C)C)N1CCN(CC(=O)N[C@@H](CCc2ccccc2)C(=O)N[C@@H](C)C(=O)N[C@@H](CCc2ccccc2)C(=O)N[C@@H](C)C(=O)[C@@]2(C)CO2)CC1. The third-order valence-electron chi connectivity index (χ3n) is 11.0. The summed E-state index contributed by atoms with van der Waals surface area (Å²) in [7, 11) is 0. The fraction of sp³-hybridized carbons (Fsp3) is 0.605. The molecule has 13 heteroatoms. The van der Waals surface area contributed by atoms with E-state index in [0.29, 0.717) is 31.8 Å². The average molecular weight is 887 g/mol. The van der Waals surface area contributed by atoms with E-state index in [1.807, 2.05) is 60.7 Å². The van der Waals surface area contributed by atoms with Crippen LogP contribution in [-0.2, 0) is 41.6 Å². The van der Waals surface area contributed by atoms with Crippen LogP contribution in [0, 0.1) is 5.92 Å². The van der Waals surface area contributed by atoms with Crippen LogP contribution in [0.1, 0.15) is 84.8 Å². The number of piperazine rings is 1. The van der Waals surface area contributed by atoms with Crippen molar-refractivity contribution in [1.82, 2.24) is 31.1 Å². The van der Waals surface area contributed by atoms with Gasteiger partial charge in [0.2, 0.25) is 23.6 Å². The molecule has 2 fully saturated rings. The zero-order valence-corrected chi connectivity index (χ0v) is 36.2. The molecule has 4 amide bonds. The normalized spacial score (nSPS) is 20.5. The predicted molar refractivity (Wildman–Crippen MR) is 227 cm³/mol. The largest absolute Gasteiger partial charge is 0.361 e. The number of rotatable bonds is 22. The molecule has 0 aliphatic carbocycles. The summed E-state index contributed by atoms with van der Waals surface area (Å²) in [4.78, 5) is 71.8. The van der Waals surface area contributed by atoms with Crippen molar-refractivity contribution in [2.75, 3.05) is 39.3 Å². The molecule has 308 valence electrons. The first-order valence-electron chi connectivity index (χ1n) is 20.3. The van der Waals surface area contributed by atoms with Gasteiger partial charge < -0.3 is 26.0 Å². The zero-order valence-electron chi connectivity index (χ0n) is 34.1. The molecule has 1 unspecified atom stereocenters. The van der Waals surface area contributed by atoms with Gasteiger partial charge in [0, 0.05) is 26.2 Å². The Bertz CT molecular complexity index is 1600. The van der Waals surface area contributed by atoms with Gasteiger partial charge in [-0.05, 0) is 82.8 Å². The van der Waals surface area contributed by atoms with E-state index in [2.05, 4.69) is 74.4 Å². The summed E-state index contributed by atoms with van der Waals surface area (Å²) in [6.45, 7) is 15.4. The standard InChI is InChI=1S/C43H63IN6O6/c1-7-43(44,23-22-30(2)3)50-26-24-49(25-27-50)28-37(51)47-35(20-18-33-14-10-8-11-15-33)40(54)46-32(5)39(53)48-36(21-19-34-16-12-9-13-17-34)41(55)45-31(4)38(52)42(6)29-56-42/h8-17,30-32,35-36H,7,18-29H2,1-6H3,(H,45,55)(H,46,54)(H,47,51)(H,48,53)/t31-,32-,35-,36-,42+,43?/m0/s1. The number of alkyl halides is 1. The summed E-state index contributed by atoms with van der Waals surface area (Å²) in [6, 6.07) is 15.7. The van der Waals surface area contributed by atoms with Gasteiger partial charge in [0.05, 0.1) is 22.7 Å². The van der Waals surface area contributed by atoms with Crippen molar-refractivity contribution in [3.05, 3.63) is 71.8 Å². The van der Waals surface area contributed by atoms with Crippen LogP contribution in [0.3, 0.4) is 0 Å². The molecule has 0 aromatic heterocycles. The van der Waals surface area contributed by atoms with E-state index in [1.54, 1.807) is 20.8 Å². The van der Waals surface area contributed by atoms with Crippen molar-refractivity contribution in [3.63, 3.8) is 0 Å². The number of benzene rings is 2. The van der Waals surface area contributed by atoms with Crippen molar-refractivity contribution >= 4 is 52.0 Å². The molecule has 2 heterocycles. The number of hydrogen-bond donors (Lipinski definition) is 4. The van der Waals surface area contributed by atoms with Crippen molar-refractivity contribution in [3.8, 4) is 0 Å². The van der Waals surface area contributed by atoms with Crippen molar-refractivity contribution in [1.29, 1.82) is 0 Å². The minimum absolute atomic E-state index is 0.104. The first-order valence-corrected chi connectivity index (χ1v) is 21.3. The molecule has 2 aromatic rings. The molecule has 0 bridgehead atoms. The van der Waals surface area contributed by atoms with Crippen LogP contribution in [0.15, 0.2) is 60.7 Å². The van der Waals surface area contributed by atoms with Gasteiger partial charge in [-0.3, -0.25) is 33.8 Å². The van der Waals surface area contributed by atoms with Crippen LogP contribution in [0.25, 0.3) is 0 Å². The number of nitrogens with one attached hydrogen (secondary N) is 4. The maximum atomic E-state index is 13.8. The molecular formula is C43H63IN6O6. The lowest BCUT2D eigenvalue weighted by Crippen LogP contribution is -2.58. The molecule has 12 nitrogen and oxygen atoms in total. The number of nitrogens with zero attached hydrogens (tertiary/aromatic N) is 2. The highest BCUT2D eigenvalue weighted by atomic mass is 127. The third kappa shape index (κ3) is 13.9. The fourth-order valence-electron chi connectivity index (χ4n) is 7.03. The van der Waals surface area contributed by atoms with Crippen LogP contribution < -0.4 is 21.3 Å². The van der Waals surface area contributed by atoms with E-state index in [1.165, 1.54) is 6.42 Å². The van der Waals surface area contributed by atoms with Gasteiger partial charge in [0.15, 0.2) is 5.78 Å². The quantitative estimate of drug-likeness (QED) is 0.0596. The molecule has 0 saturated carbocycles. The molecule has 0 radical (unpaired) electrons. The summed E-state index contributed by atoms with van der Waals surface area (Å²) in [5.41, 5.74) is 1.11. The minimum Gasteiger partial charge on any atom is -0.361 e. The molecular weight excluding hydrogens is 823 g/mol. The first-order chi connectivity index (χ1) is 26.6. The lowest BCUT2D eigenvalue weighted by atomic mass is 10.00. The van der Waals surface area contributed by atoms with Gasteiger partial charge in [-0.1, -0.05) is 104 Å². The van der Waals surface area contributed by atoms with Crippen LogP contribution in [0.2, 0.25) is 0 Å². The van der Waals surface area contributed by atoms with Gasteiger partial charge in [-0.15, -0.1) is 0 Å². The second kappa shape index (κ2) is 21.4. The smallest absolute Gasteiger partial charge is 0.243 e. The van der Waals surface area contributed by atoms with E-state index < -0.39 is 47.5 Å². The Labute approximate surface area is 347 Å². The van der Waals surface area contributed by atoms with Crippen molar-refractivity contribution < 1.29 is 28.7 Å². The minimum atomic E-state index is -1.01. The lowest BCUT2D eigenvalue weighted by molar-refractivity contribution is -0.134. The summed E-state index contributed by atoms with van der Waals surface area (Å²) < 4.78 is 5.38. The van der Waals surface area contributed by atoms with Gasteiger partial charge in [-0.25, -0.2) is 0 Å². The first kappa shape index (κ1) is 45.3. The zero-order chi connectivity index (χ0) is 40.9. The average Bonchev–Trinajstić information content (AvgIpc) is 3.95. The number of carbonyl (C=O) groups is 5. The van der Waals surface area contributed by atoms with Gasteiger partial charge in [-0.2, -0.15) is 0 Å². The third-order valence-corrected chi connectivity index (χ3v) is 13.0. The van der Waals surface area contributed by atoms with Crippen LogP contribution >= 0.6 is 22.6 Å². The highest BCUT2D eigenvalue weighted by molar-refractivity contribution is 14.1. The van der Waals surface area contributed by atoms with E-state index >= 15 is 0 Å². The molecule has 2 saturated heterocycles. The number of halogens is 1. The van der Waals surface area contributed by atoms with E-state index in [9.17, 15) is 24.0 Å². The van der Waals surface area contributed by atoms with Gasteiger partial charge in [0.25, 0.3) is 0 Å². The van der Waals surface area contributed by atoms with E-state index in [0.717, 1.165) is 50.1 Å². The van der Waals surface area contributed by atoms with Gasteiger partial charge >= 0.3 is 0 Å². The second-order valence-corrected chi connectivity index (χ2v) is 18.0. The Hall–Kier alpha value is -3.40. The number of hydrogen-bond acceptors (Lipinski definition) is 8. The molecule has 2 aliphatic heterocycles. The Balaban J connectivity index is 1.37. The monoisotopic (exact) mass is 886 g/mol. The van der Waals surface area contributed by atoms with Crippen LogP contribution in [0.4, 0.5) is 0 Å². The van der Waals surface area contributed by atoms with E-state index in [-0.39, 0.29) is 28.2 Å². The summed E-state index contributed by atoms with van der Waals surface area (Å²) in [6.07, 6.45) is 5.03. The predicted octanol–water partition coefficient (Wildman–Crippen LogP) is 4.18. The highest BCUT2D eigenvalue weighted by Gasteiger charge is 2.49. The molecule has 56 heavy (non-hydrogen) atoms. The maximum absolute atomic E-state index is 13.8. The molecule has 2 aromatic carbocycles. The number of amides is 4. The lowest BCUT2D eigenvalue weighted by Gasteiger charge is -2.44. The Kier molecular flexibility index (Phi) is 17.3. The Morgan fingerprint density at radius 3 is 1.71 bits per heavy atom. The number of ether oxygens (including phenoxy) is 1. The van der Waals surface area contributed by atoms with Gasteiger partial charge in [0.1, 0.15) is 23.7 Å². The van der Waals surface area contributed by atoms with Crippen molar-refractivity contribution in [2.45, 2.75) is 120 Å². The summed E-state index contributed by atoms with van der Waals surface area (Å²) >= 11 is 2.62. The molecule has 4 N–H and O–H groups in total. The molecule has 0 spiro atoms. The Morgan fingerprint density at radius 2 is 1.23 bits per heavy atom. The van der Waals surface area contributed by atoms with Crippen LogP contribution in [0.5, 0.6) is 0 Å². The number of carbonyl (C=O) groups excluding carboxylic acids is 5. The maximum Gasteiger partial charge on any atom is 0.243 e. The van der Waals surface area contributed by atoms with Crippen LogP contribution in [-0.4, -0.2) is 112 Å². The fourth-order valence-corrected chi connectivity index (χ4v) is 7.83. The number of Topliss-reactive ketones (excluding diaryl/α,β-unsaturated/α-hetero) is 1. The molecule has 4 rings (SSSR count). The summed E-state index contributed by atoms with van der Waals surface area (Å²) in [5.74, 6) is -1.36. The molecule has 6 atom stereocenters. The number of epoxide rings is 1. The Morgan fingerprint density at radius 1 is 0.732 bits per heavy atom.